The molecule has 0 atom stereocenters. The van der Waals surface area contributed by atoms with Crippen LogP contribution in [0.4, 0.5) is 0 Å². The van der Waals surface area contributed by atoms with Crippen LogP contribution >= 0.6 is 8.09 Å². The molecule has 0 aromatic heterocycles. The van der Waals surface area contributed by atoms with E-state index in [0.717, 1.165) is 0 Å². The fourth-order valence-corrected chi connectivity index (χ4v) is 3.51. The van der Waals surface area contributed by atoms with Crippen molar-refractivity contribution in [1.82, 2.24) is 4.67 Å². The van der Waals surface area contributed by atoms with Crippen LogP contribution in [-0.2, 0) is 4.52 Å². The van der Waals surface area contributed by atoms with E-state index in [2.05, 4.69) is 0 Å². The molecule has 21 heavy (non-hydrogen) atoms. The minimum Gasteiger partial charge on any atom is -0.394 e. The molecule has 8 nitrogen and oxygen atoms in total. The first kappa shape index (κ1) is 22.9. The second-order valence-electron chi connectivity index (χ2n) is 4.94. The van der Waals surface area contributed by atoms with Crippen molar-refractivity contribution in [2.45, 2.75) is 52.3 Å². The van der Waals surface area contributed by atoms with Crippen LogP contribution in [0.3, 0.4) is 0 Å². The summed E-state index contributed by atoms with van der Waals surface area (Å²) in [5, 5.41) is 32.3. The second-order valence-corrected chi connectivity index (χ2v) is 6.90. The summed E-state index contributed by atoms with van der Waals surface area (Å²) in [7, 11) is -3.81. The van der Waals surface area contributed by atoms with Gasteiger partial charge in [0.1, 0.15) is 6.10 Å². The number of nitriles is 1. The average molecular weight is 328 g/mol. The molecule has 0 bridgehead atoms. The van der Waals surface area contributed by atoms with Gasteiger partial charge < -0.3 is 15.3 Å². The third-order valence-corrected chi connectivity index (χ3v) is 4.68. The molecule has 128 valence electrons. The summed E-state index contributed by atoms with van der Waals surface area (Å²) in [6, 6.07) is 1.88. The zero-order chi connectivity index (χ0) is 17.1. The zero-order valence-corrected chi connectivity index (χ0v) is 14.1. The van der Waals surface area contributed by atoms with Gasteiger partial charge in [0, 0.05) is 0 Å². The Bertz CT molecular complexity index is 284. The molecule has 0 aromatic carbocycles. The van der Waals surface area contributed by atoms with Crippen molar-refractivity contribution in [2.24, 2.45) is 0 Å². The Morgan fingerprint density at radius 2 is 1.52 bits per heavy atom. The maximum Gasteiger partial charge on any atom is 0.100 e. The molecule has 0 aromatic rings. The fourth-order valence-electron chi connectivity index (χ4n) is 1.63. The zero-order valence-electron chi connectivity index (χ0n) is 13.1. The molecule has 0 radical (unpaired) electrons. The van der Waals surface area contributed by atoms with Crippen LogP contribution in [0.25, 0.3) is 0 Å². The Hall–Kier alpha value is -0.360. The molecule has 0 saturated carbocycles. The molecule has 0 unspecified atom stereocenters. The van der Waals surface area contributed by atoms with Crippen molar-refractivity contribution in [1.29, 1.82) is 5.26 Å². The Kier molecular flexibility index (Phi) is 13.3. The first-order valence-corrected chi connectivity index (χ1v) is 8.52. The normalized spacial score (nSPS) is 12.6. The molecular formula is C12H29N2O6P. The van der Waals surface area contributed by atoms with Gasteiger partial charge in [0.15, 0.2) is 0 Å². The number of nitrogens with zero attached hydrogens (tertiary/aromatic N) is 2. The van der Waals surface area contributed by atoms with Gasteiger partial charge in [-0.3, -0.25) is 0 Å². The molecule has 0 fully saturated rings. The van der Waals surface area contributed by atoms with Gasteiger partial charge in [-0.1, -0.05) is 0 Å². The predicted molar refractivity (Wildman–Crippen MR) is 81.2 cm³/mol. The van der Waals surface area contributed by atoms with Gasteiger partial charge in [-0.15, -0.1) is 0 Å². The fraction of sp³-hybridized carbons (Fsp3) is 0.917. The minimum absolute atomic E-state index is 0.00578. The third-order valence-electron chi connectivity index (χ3n) is 2.38. The van der Waals surface area contributed by atoms with Gasteiger partial charge in [-0.25, -0.2) is 0 Å². The number of aliphatic hydroxyl groups is 3. The molecule has 0 spiro atoms. The van der Waals surface area contributed by atoms with E-state index < -0.39 is 14.2 Å². The third kappa shape index (κ3) is 10.9. The van der Waals surface area contributed by atoms with Gasteiger partial charge in [0.2, 0.25) is 0 Å². The van der Waals surface area contributed by atoms with E-state index in [-0.39, 0.29) is 38.3 Å². The maximum absolute atomic E-state index is 9.83. The second kappa shape index (κ2) is 12.2. The monoisotopic (exact) mass is 328 g/mol. The summed E-state index contributed by atoms with van der Waals surface area (Å²) in [5.41, 5.74) is 0. The summed E-state index contributed by atoms with van der Waals surface area (Å²) < 4.78 is 6.57. The van der Waals surface area contributed by atoms with Crippen LogP contribution in [0, 0.1) is 11.3 Å². The van der Waals surface area contributed by atoms with E-state index in [1.165, 1.54) is 0 Å². The SMILES string of the molecule is CC(C)N(C(C)C)[PH](O)(O)OCCC#N.OCC(O)CO. The van der Waals surface area contributed by atoms with Crippen LogP contribution in [0.1, 0.15) is 34.1 Å². The molecule has 9 heteroatoms. The van der Waals surface area contributed by atoms with E-state index >= 15 is 0 Å². The number of hydrogen-bond donors (Lipinski definition) is 5. The summed E-state index contributed by atoms with van der Waals surface area (Å²) in [5.74, 6) is 0. The van der Waals surface area contributed by atoms with Gasteiger partial charge in [-0.05, 0) is 0 Å². The van der Waals surface area contributed by atoms with Crippen LogP contribution in [0.15, 0.2) is 0 Å². The van der Waals surface area contributed by atoms with Crippen molar-refractivity contribution in [2.75, 3.05) is 19.8 Å². The van der Waals surface area contributed by atoms with Crippen LogP contribution in [0.2, 0.25) is 0 Å². The molecule has 0 aliphatic heterocycles. The van der Waals surface area contributed by atoms with E-state index in [0.29, 0.717) is 0 Å². The largest absolute Gasteiger partial charge is 0.394 e. The number of hydrogen-bond acceptors (Lipinski definition) is 8. The quantitative estimate of drug-likeness (QED) is 0.304. The topological polar surface area (TPSA) is 137 Å². The van der Waals surface area contributed by atoms with Crippen molar-refractivity contribution in [3.05, 3.63) is 0 Å². The van der Waals surface area contributed by atoms with E-state index in [4.69, 9.17) is 25.1 Å². The van der Waals surface area contributed by atoms with Gasteiger partial charge in [0.05, 0.1) is 13.2 Å². The maximum atomic E-state index is 9.83. The van der Waals surface area contributed by atoms with Crippen LogP contribution in [0.5, 0.6) is 0 Å². The molecule has 0 rings (SSSR count). The van der Waals surface area contributed by atoms with Crippen molar-refractivity contribution >= 4 is 8.09 Å². The number of rotatable bonds is 8. The minimum atomic E-state index is -3.81. The molecule has 0 aliphatic rings. The molecular weight excluding hydrogens is 299 g/mol. The number of aliphatic hydroxyl groups excluding tert-OH is 3. The molecule has 5 N–H and O–H groups in total. The van der Waals surface area contributed by atoms with E-state index in [9.17, 15) is 9.79 Å². The van der Waals surface area contributed by atoms with Crippen LogP contribution < -0.4 is 0 Å². The Morgan fingerprint density at radius 3 is 1.76 bits per heavy atom. The van der Waals surface area contributed by atoms with Crippen molar-refractivity contribution in [3.63, 3.8) is 0 Å². The smallest absolute Gasteiger partial charge is 0.100 e. The molecule has 0 heterocycles. The summed E-state index contributed by atoms with van der Waals surface area (Å²) in [6.07, 6.45) is -0.787. The first-order chi connectivity index (χ1) is 9.63. The van der Waals surface area contributed by atoms with Gasteiger partial charge >= 0.3 is 91.2 Å². The summed E-state index contributed by atoms with van der Waals surface area (Å²) in [4.78, 5) is 19.7. The standard InChI is InChI=1S/C9H21N2O3P.C3H8O3/c1-8(2)11(9(3)4)15(12,13)14-7-5-6-10;4-1-3(6)2-5/h8-9,12-13,15H,5,7H2,1-4H3;3-6H,1-2H2. The summed E-state index contributed by atoms with van der Waals surface area (Å²) in [6.45, 7) is 6.84. The summed E-state index contributed by atoms with van der Waals surface area (Å²) >= 11 is 0. The molecule has 0 amide bonds. The Balaban J connectivity index is 0. The Morgan fingerprint density at radius 1 is 1.10 bits per heavy atom. The molecule has 0 saturated heterocycles. The first-order valence-electron chi connectivity index (χ1n) is 6.77. The average Bonchev–Trinajstić information content (AvgIpc) is 2.37. The van der Waals surface area contributed by atoms with E-state index in [1.54, 1.807) is 4.67 Å². The van der Waals surface area contributed by atoms with Crippen LogP contribution in [-0.4, -0.2) is 67.8 Å². The Labute approximate surface area is 126 Å². The van der Waals surface area contributed by atoms with Crippen molar-refractivity contribution in [3.8, 4) is 6.07 Å². The van der Waals surface area contributed by atoms with Crippen molar-refractivity contribution < 1.29 is 29.6 Å². The predicted octanol–water partition coefficient (Wildman–Crippen LogP) is -0.238. The van der Waals surface area contributed by atoms with Gasteiger partial charge in [-0.2, -0.15) is 0 Å². The molecule has 0 aliphatic carbocycles. The van der Waals surface area contributed by atoms with Gasteiger partial charge in [0.25, 0.3) is 0 Å². The van der Waals surface area contributed by atoms with E-state index in [1.807, 2.05) is 33.8 Å².